The second-order valence-electron chi connectivity index (χ2n) is 8.28. The van der Waals surface area contributed by atoms with Gasteiger partial charge in [-0.15, -0.1) is 0 Å². The maximum absolute atomic E-state index is 13.0. The second-order valence-corrected chi connectivity index (χ2v) is 8.28. The van der Waals surface area contributed by atoms with Crippen LogP contribution in [-0.4, -0.2) is 44.8 Å². The molecule has 0 saturated heterocycles. The zero-order valence-electron chi connectivity index (χ0n) is 17.0. The minimum absolute atomic E-state index is 0.116. The minimum Gasteiger partial charge on any atom is -0.353 e. The van der Waals surface area contributed by atoms with E-state index in [0.717, 1.165) is 44.2 Å². The summed E-state index contributed by atoms with van der Waals surface area (Å²) >= 11 is 0. The number of nitrogens with zero attached hydrogens (tertiary/aromatic N) is 3. The summed E-state index contributed by atoms with van der Waals surface area (Å²) in [7, 11) is 2.02. The lowest BCUT2D eigenvalue weighted by Crippen LogP contribution is -2.44. The number of hydrogen-bond acceptors (Lipinski definition) is 2. The molecule has 1 aromatic heterocycles. The van der Waals surface area contributed by atoms with Crippen LogP contribution in [0.5, 0.6) is 0 Å². The van der Waals surface area contributed by atoms with Crippen LogP contribution in [0, 0.1) is 0 Å². The molecule has 2 fully saturated rings. The van der Waals surface area contributed by atoms with Crippen LogP contribution in [0.15, 0.2) is 18.3 Å². The molecule has 2 saturated carbocycles. The SMILES string of the molecule is CCCCCCCC(=O)N(CC(=O)N(Cc1cccn1C)C1CC1)C1CC1. The summed E-state index contributed by atoms with van der Waals surface area (Å²) in [6.07, 6.45) is 12.6. The van der Waals surface area contributed by atoms with Crippen LogP contribution in [0.25, 0.3) is 0 Å². The fourth-order valence-corrected chi connectivity index (χ4v) is 3.71. The van der Waals surface area contributed by atoms with E-state index >= 15 is 0 Å². The van der Waals surface area contributed by atoms with Crippen molar-refractivity contribution in [2.45, 2.75) is 89.8 Å². The van der Waals surface area contributed by atoms with Gasteiger partial charge in [0.25, 0.3) is 0 Å². The van der Waals surface area contributed by atoms with Gasteiger partial charge in [-0.2, -0.15) is 0 Å². The monoisotopic (exact) mass is 373 g/mol. The first-order valence-electron chi connectivity index (χ1n) is 10.8. The van der Waals surface area contributed by atoms with Crippen molar-refractivity contribution in [1.29, 1.82) is 0 Å². The van der Waals surface area contributed by atoms with E-state index in [9.17, 15) is 9.59 Å². The molecule has 1 aromatic rings. The average molecular weight is 374 g/mol. The molecule has 0 unspecified atom stereocenters. The molecule has 5 nitrogen and oxygen atoms in total. The van der Waals surface area contributed by atoms with E-state index < -0.39 is 0 Å². The number of amides is 2. The number of unbranched alkanes of at least 4 members (excludes halogenated alkanes) is 4. The smallest absolute Gasteiger partial charge is 0.242 e. The molecule has 0 N–H and O–H groups in total. The number of carbonyl (C=O) groups excluding carboxylic acids is 2. The molecule has 5 heteroatoms. The molecule has 1 heterocycles. The Hall–Kier alpha value is -1.78. The zero-order valence-corrected chi connectivity index (χ0v) is 17.0. The van der Waals surface area contributed by atoms with Crippen molar-refractivity contribution >= 4 is 11.8 Å². The van der Waals surface area contributed by atoms with E-state index in [-0.39, 0.29) is 18.4 Å². The number of carbonyl (C=O) groups is 2. The number of hydrogen-bond donors (Lipinski definition) is 0. The molecular weight excluding hydrogens is 338 g/mol. The summed E-state index contributed by atoms with van der Waals surface area (Å²) in [4.78, 5) is 29.6. The quantitative estimate of drug-likeness (QED) is 0.522. The molecule has 0 atom stereocenters. The van der Waals surface area contributed by atoms with Crippen LogP contribution in [0.2, 0.25) is 0 Å². The van der Waals surface area contributed by atoms with E-state index in [4.69, 9.17) is 0 Å². The molecule has 0 bridgehead atoms. The molecule has 150 valence electrons. The van der Waals surface area contributed by atoms with E-state index in [2.05, 4.69) is 17.6 Å². The topological polar surface area (TPSA) is 45.6 Å². The first kappa shape index (κ1) is 20.0. The van der Waals surface area contributed by atoms with Gasteiger partial charge in [0, 0.05) is 37.4 Å². The van der Waals surface area contributed by atoms with Crippen LogP contribution in [0.4, 0.5) is 0 Å². The molecule has 0 aliphatic heterocycles. The van der Waals surface area contributed by atoms with Gasteiger partial charge >= 0.3 is 0 Å². The van der Waals surface area contributed by atoms with Crippen molar-refractivity contribution in [2.75, 3.05) is 6.54 Å². The van der Waals surface area contributed by atoms with Crippen LogP contribution in [0.1, 0.15) is 76.8 Å². The van der Waals surface area contributed by atoms with Crippen molar-refractivity contribution in [2.24, 2.45) is 7.05 Å². The predicted octanol–water partition coefficient (Wildman–Crippen LogP) is 3.87. The first-order chi connectivity index (χ1) is 13.1. The highest BCUT2D eigenvalue weighted by Gasteiger charge is 2.38. The molecule has 2 aliphatic carbocycles. The lowest BCUT2D eigenvalue weighted by molar-refractivity contribution is -0.141. The Morgan fingerprint density at radius 3 is 2.26 bits per heavy atom. The van der Waals surface area contributed by atoms with Crippen molar-refractivity contribution in [3.63, 3.8) is 0 Å². The van der Waals surface area contributed by atoms with Crippen LogP contribution in [0.3, 0.4) is 0 Å². The predicted molar refractivity (Wildman–Crippen MR) is 107 cm³/mol. The molecule has 27 heavy (non-hydrogen) atoms. The van der Waals surface area contributed by atoms with E-state index in [1.807, 2.05) is 29.1 Å². The molecule has 0 radical (unpaired) electrons. The summed E-state index contributed by atoms with van der Waals surface area (Å²) in [6, 6.07) is 4.75. The molecule has 0 spiro atoms. The van der Waals surface area contributed by atoms with Gasteiger partial charge in [-0.1, -0.05) is 32.6 Å². The van der Waals surface area contributed by atoms with Crippen molar-refractivity contribution in [3.05, 3.63) is 24.0 Å². The Labute approximate surface area is 163 Å². The Kier molecular flexibility index (Phi) is 6.97. The maximum Gasteiger partial charge on any atom is 0.242 e. The summed E-state index contributed by atoms with van der Waals surface area (Å²) in [5.74, 6) is 0.293. The number of aromatic nitrogens is 1. The highest BCUT2D eigenvalue weighted by Crippen LogP contribution is 2.31. The van der Waals surface area contributed by atoms with Crippen molar-refractivity contribution in [3.8, 4) is 0 Å². The van der Waals surface area contributed by atoms with Gasteiger partial charge in [-0.3, -0.25) is 9.59 Å². The van der Waals surface area contributed by atoms with E-state index in [0.29, 0.717) is 25.0 Å². The standard InChI is InChI=1S/C22H35N3O2/c1-3-4-5-6-7-10-21(26)25(19-13-14-19)17-22(27)24(18-11-12-18)16-20-9-8-15-23(20)2/h8-9,15,18-19H,3-7,10-14,16-17H2,1-2H3. The average Bonchev–Trinajstić information content (AvgIpc) is 3.56. The third-order valence-electron chi connectivity index (χ3n) is 5.80. The fourth-order valence-electron chi connectivity index (χ4n) is 3.71. The molecular formula is C22H35N3O2. The normalized spacial score (nSPS) is 16.4. The third-order valence-corrected chi connectivity index (χ3v) is 5.80. The Morgan fingerprint density at radius 1 is 1.00 bits per heavy atom. The fraction of sp³-hybridized carbons (Fsp3) is 0.727. The Balaban J connectivity index is 1.53. The van der Waals surface area contributed by atoms with Crippen LogP contribution >= 0.6 is 0 Å². The number of rotatable bonds is 12. The Bertz CT molecular complexity index is 631. The van der Waals surface area contributed by atoms with Gasteiger partial charge in [-0.25, -0.2) is 0 Å². The summed E-state index contributed by atoms with van der Waals surface area (Å²) < 4.78 is 2.07. The van der Waals surface area contributed by atoms with Gasteiger partial charge < -0.3 is 14.4 Å². The van der Waals surface area contributed by atoms with Gasteiger partial charge in [-0.05, 0) is 44.2 Å². The van der Waals surface area contributed by atoms with Crippen molar-refractivity contribution in [1.82, 2.24) is 14.4 Å². The van der Waals surface area contributed by atoms with E-state index in [1.165, 1.54) is 19.3 Å². The summed E-state index contributed by atoms with van der Waals surface area (Å²) in [6.45, 7) is 3.11. The summed E-state index contributed by atoms with van der Waals surface area (Å²) in [5, 5.41) is 0. The highest BCUT2D eigenvalue weighted by molar-refractivity contribution is 5.85. The largest absolute Gasteiger partial charge is 0.353 e. The Morgan fingerprint density at radius 2 is 1.67 bits per heavy atom. The molecule has 3 rings (SSSR count). The highest BCUT2D eigenvalue weighted by atomic mass is 16.2. The second kappa shape index (κ2) is 9.43. The zero-order chi connectivity index (χ0) is 19.2. The lowest BCUT2D eigenvalue weighted by atomic mass is 10.1. The summed E-state index contributed by atoms with van der Waals surface area (Å²) in [5.41, 5.74) is 1.15. The lowest BCUT2D eigenvalue weighted by Gasteiger charge is -2.28. The minimum atomic E-state index is 0.116. The van der Waals surface area contributed by atoms with Gasteiger partial charge in [0.15, 0.2) is 0 Å². The van der Waals surface area contributed by atoms with Gasteiger partial charge in [0.2, 0.25) is 11.8 Å². The molecule has 0 aromatic carbocycles. The van der Waals surface area contributed by atoms with Crippen molar-refractivity contribution < 1.29 is 9.59 Å². The maximum atomic E-state index is 13.0. The van der Waals surface area contributed by atoms with Crippen LogP contribution in [-0.2, 0) is 23.2 Å². The first-order valence-corrected chi connectivity index (χ1v) is 10.8. The molecule has 2 aliphatic rings. The molecule has 2 amide bonds. The number of aryl methyl sites for hydroxylation is 1. The van der Waals surface area contributed by atoms with Gasteiger partial charge in [0.05, 0.1) is 6.54 Å². The van der Waals surface area contributed by atoms with Gasteiger partial charge in [0.1, 0.15) is 6.54 Å². The van der Waals surface area contributed by atoms with E-state index in [1.54, 1.807) is 0 Å². The van der Waals surface area contributed by atoms with Crippen LogP contribution < -0.4 is 0 Å². The third kappa shape index (κ3) is 5.85.